The number of carbonyl (C=O) groups excluding carboxylic acids is 2. The highest BCUT2D eigenvalue weighted by molar-refractivity contribution is 6.05. The fraction of sp³-hybridized carbons (Fsp3) is 0.480. The quantitative estimate of drug-likeness (QED) is 0.696. The van der Waals surface area contributed by atoms with Crippen LogP contribution in [-0.4, -0.2) is 30.1 Å². The number of carbonyl (C=O) groups is 2. The van der Waals surface area contributed by atoms with E-state index in [1.807, 2.05) is 32.0 Å². The van der Waals surface area contributed by atoms with E-state index in [2.05, 4.69) is 38.1 Å². The lowest BCUT2D eigenvalue weighted by molar-refractivity contribution is -0.147. The zero-order valence-corrected chi connectivity index (χ0v) is 17.6. The topological polar surface area (TPSA) is 55.7 Å². The Bertz CT molecular complexity index is 985. The van der Waals surface area contributed by atoms with Crippen molar-refractivity contribution in [3.05, 3.63) is 48.0 Å². The van der Waals surface area contributed by atoms with Gasteiger partial charge in [0, 0.05) is 24.0 Å². The SMILES string of the molecule is CCOC(=O)[C@H]1C(C)=N[C@@H]2CC(C)(C)CC(=O)[C@@H]2[C@@H]1c1cccc2ccccc12. The number of Topliss-reactive ketones (excluding diaryl/α,β-unsaturated/α-hetero) is 1. The van der Waals surface area contributed by atoms with Crippen LogP contribution in [0, 0.1) is 17.3 Å². The third-order valence-corrected chi connectivity index (χ3v) is 6.49. The summed E-state index contributed by atoms with van der Waals surface area (Å²) in [5.74, 6) is -1.11. The molecule has 1 aliphatic carbocycles. The second-order valence-corrected chi connectivity index (χ2v) is 9.20. The van der Waals surface area contributed by atoms with Crippen LogP contribution in [0.3, 0.4) is 0 Å². The number of esters is 1. The molecule has 1 saturated carbocycles. The molecule has 4 rings (SSSR count). The van der Waals surface area contributed by atoms with Crippen molar-refractivity contribution >= 4 is 28.2 Å². The average Bonchev–Trinajstić information content (AvgIpc) is 2.65. The second kappa shape index (κ2) is 7.40. The molecule has 0 bridgehead atoms. The average molecular weight is 392 g/mol. The first kappa shape index (κ1) is 19.8. The highest BCUT2D eigenvalue weighted by Crippen LogP contribution is 2.50. The summed E-state index contributed by atoms with van der Waals surface area (Å²) in [6.45, 7) is 8.33. The molecule has 152 valence electrons. The lowest BCUT2D eigenvalue weighted by Crippen LogP contribution is -2.50. The first-order chi connectivity index (χ1) is 13.8. The Morgan fingerprint density at radius 2 is 1.86 bits per heavy atom. The van der Waals surface area contributed by atoms with Gasteiger partial charge in [0.2, 0.25) is 0 Å². The Hall–Kier alpha value is -2.49. The first-order valence-electron chi connectivity index (χ1n) is 10.5. The second-order valence-electron chi connectivity index (χ2n) is 9.20. The maximum Gasteiger partial charge on any atom is 0.315 e. The van der Waals surface area contributed by atoms with Gasteiger partial charge < -0.3 is 4.74 Å². The highest BCUT2D eigenvalue weighted by atomic mass is 16.5. The van der Waals surface area contributed by atoms with Gasteiger partial charge in [-0.2, -0.15) is 0 Å². The Morgan fingerprint density at radius 3 is 2.62 bits per heavy atom. The zero-order chi connectivity index (χ0) is 20.8. The minimum atomic E-state index is -0.521. The van der Waals surface area contributed by atoms with Gasteiger partial charge in [0.05, 0.1) is 12.6 Å². The van der Waals surface area contributed by atoms with Gasteiger partial charge in [-0.25, -0.2) is 0 Å². The summed E-state index contributed by atoms with van der Waals surface area (Å²) in [4.78, 5) is 31.3. The van der Waals surface area contributed by atoms with E-state index in [0.717, 1.165) is 28.5 Å². The molecule has 0 unspecified atom stereocenters. The molecule has 4 heteroatoms. The van der Waals surface area contributed by atoms with Crippen LogP contribution in [0.5, 0.6) is 0 Å². The van der Waals surface area contributed by atoms with E-state index in [4.69, 9.17) is 9.73 Å². The van der Waals surface area contributed by atoms with Crippen molar-refractivity contribution in [1.82, 2.24) is 0 Å². The fourth-order valence-corrected chi connectivity index (χ4v) is 5.41. The van der Waals surface area contributed by atoms with Crippen LogP contribution >= 0.6 is 0 Å². The molecule has 0 radical (unpaired) electrons. The number of ketones is 1. The monoisotopic (exact) mass is 391 g/mol. The summed E-state index contributed by atoms with van der Waals surface area (Å²) < 4.78 is 5.44. The van der Waals surface area contributed by atoms with Gasteiger partial charge in [-0.1, -0.05) is 56.3 Å². The molecule has 29 heavy (non-hydrogen) atoms. The van der Waals surface area contributed by atoms with Crippen molar-refractivity contribution in [2.45, 2.75) is 52.5 Å². The van der Waals surface area contributed by atoms with Crippen molar-refractivity contribution in [3.63, 3.8) is 0 Å². The highest BCUT2D eigenvalue weighted by Gasteiger charge is 2.52. The lowest BCUT2D eigenvalue weighted by Gasteiger charge is -2.46. The van der Waals surface area contributed by atoms with E-state index in [1.165, 1.54) is 0 Å². The van der Waals surface area contributed by atoms with Crippen molar-refractivity contribution in [1.29, 1.82) is 0 Å². The number of rotatable bonds is 3. The third kappa shape index (κ3) is 3.50. The molecule has 1 fully saturated rings. The number of hydrogen-bond acceptors (Lipinski definition) is 4. The zero-order valence-electron chi connectivity index (χ0n) is 17.6. The predicted molar refractivity (Wildman–Crippen MR) is 115 cm³/mol. The van der Waals surface area contributed by atoms with Crippen LogP contribution < -0.4 is 0 Å². The molecule has 1 aliphatic heterocycles. The van der Waals surface area contributed by atoms with E-state index >= 15 is 0 Å². The van der Waals surface area contributed by atoms with Crippen LogP contribution in [0.4, 0.5) is 0 Å². The molecule has 4 nitrogen and oxygen atoms in total. The molecule has 2 aromatic rings. The van der Waals surface area contributed by atoms with Gasteiger partial charge in [-0.05, 0) is 42.0 Å². The molecule has 1 heterocycles. The molecule has 4 atom stereocenters. The minimum absolute atomic E-state index is 0.0674. The molecule has 2 aromatic carbocycles. The molecular weight excluding hydrogens is 362 g/mol. The number of aliphatic imine (C=N–C) groups is 1. The van der Waals surface area contributed by atoms with Crippen molar-refractivity contribution < 1.29 is 14.3 Å². The molecule has 0 amide bonds. The Labute approximate surface area is 172 Å². The third-order valence-electron chi connectivity index (χ3n) is 6.49. The van der Waals surface area contributed by atoms with Gasteiger partial charge in [-0.3, -0.25) is 14.6 Å². The number of fused-ring (bicyclic) bond motifs is 2. The molecule has 0 N–H and O–H groups in total. The minimum Gasteiger partial charge on any atom is -0.465 e. The van der Waals surface area contributed by atoms with E-state index in [0.29, 0.717) is 13.0 Å². The van der Waals surface area contributed by atoms with Crippen molar-refractivity contribution in [2.24, 2.45) is 22.2 Å². The summed E-state index contributed by atoms with van der Waals surface area (Å²) in [5, 5.41) is 2.22. The Kier molecular flexibility index (Phi) is 5.05. The van der Waals surface area contributed by atoms with Gasteiger partial charge in [0.1, 0.15) is 11.7 Å². The van der Waals surface area contributed by atoms with Crippen molar-refractivity contribution in [2.75, 3.05) is 6.61 Å². The molecule has 2 aliphatic rings. The summed E-state index contributed by atoms with van der Waals surface area (Å²) in [6, 6.07) is 14.3. The van der Waals surface area contributed by atoms with E-state index in [9.17, 15) is 9.59 Å². The van der Waals surface area contributed by atoms with Gasteiger partial charge in [0.25, 0.3) is 0 Å². The van der Waals surface area contributed by atoms with Gasteiger partial charge in [-0.15, -0.1) is 0 Å². The fourth-order valence-electron chi connectivity index (χ4n) is 5.41. The lowest BCUT2D eigenvalue weighted by atomic mass is 9.60. The molecule has 0 spiro atoms. The van der Waals surface area contributed by atoms with E-state index in [-0.39, 0.29) is 35.0 Å². The normalized spacial score (nSPS) is 28.6. The van der Waals surface area contributed by atoms with E-state index < -0.39 is 5.92 Å². The van der Waals surface area contributed by atoms with Crippen LogP contribution in [0.2, 0.25) is 0 Å². The summed E-state index contributed by atoms with van der Waals surface area (Å²) in [7, 11) is 0. The van der Waals surface area contributed by atoms with Crippen molar-refractivity contribution in [3.8, 4) is 0 Å². The number of ether oxygens (including phenoxy) is 1. The maximum atomic E-state index is 13.4. The smallest absolute Gasteiger partial charge is 0.315 e. The Balaban J connectivity index is 1.92. The standard InChI is InChI=1S/C25H29NO3/c1-5-29-24(28)21-15(2)26-19-13-25(3,4)14-20(27)23(19)22(21)18-12-8-10-16-9-6-7-11-17(16)18/h6-12,19,21-23H,5,13-14H2,1-4H3/t19-,21+,22-,23-/m1/s1. The van der Waals surface area contributed by atoms with Gasteiger partial charge >= 0.3 is 5.97 Å². The number of nitrogens with zero attached hydrogens (tertiary/aromatic N) is 1. The van der Waals surface area contributed by atoms with Gasteiger partial charge in [0.15, 0.2) is 0 Å². The summed E-state index contributed by atoms with van der Waals surface area (Å²) >= 11 is 0. The first-order valence-corrected chi connectivity index (χ1v) is 10.5. The van der Waals surface area contributed by atoms with Crippen LogP contribution in [0.25, 0.3) is 10.8 Å². The summed E-state index contributed by atoms with van der Waals surface area (Å²) in [5.41, 5.74) is 1.77. The number of benzene rings is 2. The Morgan fingerprint density at radius 1 is 1.14 bits per heavy atom. The molecule has 0 aromatic heterocycles. The molecule has 0 saturated heterocycles. The molecular formula is C25H29NO3. The van der Waals surface area contributed by atoms with Crippen LogP contribution in [0.15, 0.2) is 47.5 Å². The van der Waals surface area contributed by atoms with E-state index in [1.54, 1.807) is 0 Å². The number of hydrogen-bond donors (Lipinski definition) is 0. The van der Waals surface area contributed by atoms with Crippen LogP contribution in [-0.2, 0) is 14.3 Å². The predicted octanol–water partition coefficient (Wildman–Crippen LogP) is 4.95. The van der Waals surface area contributed by atoms with Crippen LogP contribution in [0.1, 0.15) is 52.0 Å². The largest absolute Gasteiger partial charge is 0.465 e. The summed E-state index contributed by atoms with van der Waals surface area (Å²) in [6.07, 6.45) is 1.39. The maximum absolute atomic E-state index is 13.4.